The van der Waals surface area contributed by atoms with Gasteiger partial charge in [0.2, 0.25) is 0 Å². The van der Waals surface area contributed by atoms with Crippen molar-refractivity contribution in [3.05, 3.63) is 92.7 Å². The van der Waals surface area contributed by atoms with Crippen molar-refractivity contribution in [1.29, 1.82) is 0 Å². The van der Waals surface area contributed by atoms with Crippen molar-refractivity contribution in [2.24, 2.45) is 0 Å². The van der Waals surface area contributed by atoms with Crippen molar-refractivity contribution in [2.75, 3.05) is 6.61 Å². The molecule has 4 rings (SSSR count). The number of allylic oxidation sites excluding steroid dienone is 3. The molecule has 5 heteroatoms. The molecule has 154 valence electrons. The first-order chi connectivity index (χ1) is 14.5. The molecular formula is C25H24BrNO3. The predicted molar refractivity (Wildman–Crippen MR) is 120 cm³/mol. The Labute approximate surface area is 185 Å². The summed E-state index contributed by atoms with van der Waals surface area (Å²) >= 11 is 3.53. The molecule has 4 nitrogen and oxygen atoms in total. The second-order valence-corrected chi connectivity index (χ2v) is 8.62. The Hall–Kier alpha value is -2.66. The van der Waals surface area contributed by atoms with Crippen LogP contribution in [0.3, 0.4) is 0 Å². The van der Waals surface area contributed by atoms with E-state index in [4.69, 9.17) is 4.74 Å². The molecule has 0 amide bonds. The van der Waals surface area contributed by atoms with Gasteiger partial charge in [-0.2, -0.15) is 0 Å². The number of nitrogens with one attached hydrogen (secondary N) is 1. The molecule has 1 aliphatic heterocycles. The van der Waals surface area contributed by atoms with Crippen molar-refractivity contribution in [3.63, 3.8) is 0 Å². The fourth-order valence-corrected chi connectivity index (χ4v) is 4.92. The monoisotopic (exact) mass is 465 g/mol. The summed E-state index contributed by atoms with van der Waals surface area (Å²) in [4.78, 5) is 26.3. The molecule has 0 aromatic heterocycles. The number of dihydropyridines is 1. The Morgan fingerprint density at radius 1 is 1.10 bits per heavy atom. The Morgan fingerprint density at radius 2 is 1.83 bits per heavy atom. The number of ether oxygens (including phenoxy) is 1. The highest BCUT2D eigenvalue weighted by molar-refractivity contribution is 9.10. The van der Waals surface area contributed by atoms with Gasteiger partial charge in [0.25, 0.3) is 0 Å². The van der Waals surface area contributed by atoms with Gasteiger partial charge in [-0.25, -0.2) is 4.79 Å². The van der Waals surface area contributed by atoms with Crippen molar-refractivity contribution >= 4 is 27.7 Å². The summed E-state index contributed by atoms with van der Waals surface area (Å²) < 4.78 is 6.27. The SMILES string of the molecule is CCOC(=O)C1=C(C)NC2=C(C(=O)C[C@@H](c3ccccc3)C2)[C@@H]1c1cccc(Br)c1. The number of Topliss-reactive ketones (excluding diaryl/α,β-unsaturated/α-hetero) is 1. The van der Waals surface area contributed by atoms with E-state index in [1.165, 1.54) is 0 Å². The second kappa shape index (κ2) is 8.60. The third-order valence-electron chi connectivity index (χ3n) is 5.78. The van der Waals surface area contributed by atoms with Gasteiger partial charge in [0.15, 0.2) is 5.78 Å². The number of carbonyl (C=O) groups excluding carboxylic acids is 2. The van der Waals surface area contributed by atoms with Crippen LogP contribution in [-0.4, -0.2) is 18.4 Å². The first-order valence-corrected chi connectivity index (χ1v) is 11.0. The molecule has 0 bridgehead atoms. The van der Waals surface area contributed by atoms with Gasteiger partial charge in [0.05, 0.1) is 12.2 Å². The van der Waals surface area contributed by atoms with E-state index in [1.54, 1.807) is 6.92 Å². The number of benzene rings is 2. The molecule has 30 heavy (non-hydrogen) atoms. The maximum atomic E-state index is 13.4. The van der Waals surface area contributed by atoms with Crippen molar-refractivity contribution < 1.29 is 14.3 Å². The van der Waals surface area contributed by atoms with Crippen LogP contribution >= 0.6 is 15.9 Å². The fraction of sp³-hybridized carbons (Fsp3) is 0.280. The van der Waals surface area contributed by atoms with E-state index in [0.29, 0.717) is 17.6 Å². The number of carbonyl (C=O) groups is 2. The van der Waals surface area contributed by atoms with Crippen LogP contribution < -0.4 is 5.32 Å². The second-order valence-electron chi connectivity index (χ2n) is 7.70. The number of hydrogen-bond donors (Lipinski definition) is 1. The maximum Gasteiger partial charge on any atom is 0.336 e. The highest BCUT2D eigenvalue weighted by Gasteiger charge is 2.41. The highest BCUT2D eigenvalue weighted by atomic mass is 79.9. The zero-order chi connectivity index (χ0) is 21.3. The Morgan fingerprint density at radius 3 is 2.53 bits per heavy atom. The maximum absolute atomic E-state index is 13.4. The van der Waals surface area contributed by atoms with Gasteiger partial charge >= 0.3 is 5.97 Å². The predicted octanol–water partition coefficient (Wildman–Crippen LogP) is 5.37. The van der Waals surface area contributed by atoms with Gasteiger partial charge in [-0.1, -0.05) is 58.4 Å². The van der Waals surface area contributed by atoms with Crippen LogP contribution in [0.5, 0.6) is 0 Å². The molecule has 2 atom stereocenters. The van der Waals surface area contributed by atoms with E-state index in [0.717, 1.165) is 33.4 Å². The van der Waals surface area contributed by atoms with Crippen LogP contribution in [-0.2, 0) is 14.3 Å². The summed E-state index contributed by atoms with van der Waals surface area (Å²) in [5, 5.41) is 3.38. The Balaban J connectivity index is 1.81. The van der Waals surface area contributed by atoms with Crippen LogP contribution in [0, 0.1) is 0 Å². The summed E-state index contributed by atoms with van der Waals surface area (Å²) in [5.41, 5.74) is 4.94. The van der Waals surface area contributed by atoms with Crippen molar-refractivity contribution in [1.82, 2.24) is 5.32 Å². The van der Waals surface area contributed by atoms with E-state index in [-0.39, 0.29) is 24.3 Å². The molecule has 0 fully saturated rings. The van der Waals surface area contributed by atoms with Gasteiger partial charge in [-0.15, -0.1) is 0 Å². The molecule has 0 spiro atoms. The lowest BCUT2D eigenvalue weighted by atomic mass is 9.72. The number of esters is 1. The molecule has 2 aliphatic rings. The number of halogens is 1. The average molecular weight is 466 g/mol. The lowest BCUT2D eigenvalue weighted by molar-refractivity contribution is -0.138. The minimum atomic E-state index is -0.429. The molecule has 1 heterocycles. The van der Waals surface area contributed by atoms with Gasteiger partial charge in [0.1, 0.15) is 0 Å². The fourth-order valence-electron chi connectivity index (χ4n) is 4.50. The average Bonchev–Trinajstić information content (AvgIpc) is 2.73. The smallest absolute Gasteiger partial charge is 0.336 e. The van der Waals surface area contributed by atoms with Crippen LogP contribution in [0.15, 0.2) is 81.6 Å². The highest BCUT2D eigenvalue weighted by Crippen LogP contribution is 2.45. The van der Waals surface area contributed by atoms with E-state index in [9.17, 15) is 9.59 Å². The largest absolute Gasteiger partial charge is 0.463 e. The third kappa shape index (κ3) is 3.86. The van der Waals surface area contributed by atoms with Crippen molar-refractivity contribution in [2.45, 2.75) is 38.5 Å². The van der Waals surface area contributed by atoms with Crippen LogP contribution in [0.2, 0.25) is 0 Å². The molecule has 1 aliphatic carbocycles. The summed E-state index contributed by atoms with van der Waals surface area (Å²) in [6.45, 7) is 3.97. The molecule has 0 unspecified atom stereocenters. The molecule has 1 N–H and O–H groups in total. The lowest BCUT2D eigenvalue weighted by Gasteiger charge is -2.36. The Bertz CT molecular complexity index is 1060. The van der Waals surface area contributed by atoms with E-state index >= 15 is 0 Å². The summed E-state index contributed by atoms with van der Waals surface area (Å²) in [6.07, 6.45) is 1.17. The third-order valence-corrected chi connectivity index (χ3v) is 6.27. The van der Waals surface area contributed by atoms with Gasteiger partial charge in [-0.05, 0) is 49.4 Å². The minimum Gasteiger partial charge on any atom is -0.463 e. The summed E-state index contributed by atoms with van der Waals surface area (Å²) in [5.74, 6) is -0.596. The van der Waals surface area contributed by atoms with Gasteiger partial charge in [-0.3, -0.25) is 4.79 Å². The van der Waals surface area contributed by atoms with Crippen LogP contribution in [0.25, 0.3) is 0 Å². The first kappa shape index (κ1) is 20.6. The van der Waals surface area contributed by atoms with Gasteiger partial charge in [0, 0.05) is 33.8 Å². The summed E-state index contributed by atoms with van der Waals surface area (Å²) in [6, 6.07) is 18.0. The van der Waals surface area contributed by atoms with Crippen LogP contribution in [0.1, 0.15) is 49.7 Å². The molecule has 2 aromatic rings. The molecule has 0 saturated heterocycles. The number of rotatable bonds is 4. The lowest BCUT2D eigenvalue weighted by Crippen LogP contribution is -2.36. The zero-order valence-electron chi connectivity index (χ0n) is 17.1. The molecule has 0 radical (unpaired) electrons. The number of ketones is 1. The van der Waals surface area contributed by atoms with Gasteiger partial charge < -0.3 is 10.1 Å². The van der Waals surface area contributed by atoms with Crippen molar-refractivity contribution in [3.8, 4) is 0 Å². The standard InChI is InChI=1S/C25H24BrNO3/c1-3-30-25(29)22-15(2)27-20-13-18(16-8-5-4-6-9-16)14-21(28)24(20)23(22)17-10-7-11-19(26)12-17/h4-12,18,23,27H,3,13-14H2,1-2H3/t18-,23+/m0/s1. The Kier molecular flexibility index (Phi) is 5.91. The topological polar surface area (TPSA) is 55.4 Å². The molecule has 0 saturated carbocycles. The zero-order valence-corrected chi connectivity index (χ0v) is 18.7. The normalized spacial score (nSPS) is 21.2. The van der Waals surface area contributed by atoms with E-state index in [2.05, 4.69) is 33.4 Å². The summed E-state index contributed by atoms with van der Waals surface area (Å²) in [7, 11) is 0. The number of hydrogen-bond acceptors (Lipinski definition) is 4. The van der Waals surface area contributed by atoms with E-state index < -0.39 is 5.92 Å². The van der Waals surface area contributed by atoms with Crippen LogP contribution in [0.4, 0.5) is 0 Å². The van der Waals surface area contributed by atoms with E-state index in [1.807, 2.05) is 49.4 Å². The quantitative estimate of drug-likeness (QED) is 0.616. The minimum absolute atomic E-state index is 0.0804. The molecular weight excluding hydrogens is 442 g/mol. The molecule has 2 aromatic carbocycles. The first-order valence-electron chi connectivity index (χ1n) is 10.2.